The predicted molar refractivity (Wildman–Crippen MR) is 105 cm³/mol. The number of fused-ring (bicyclic) bond motifs is 3. The Morgan fingerprint density at radius 1 is 1.07 bits per heavy atom. The molecule has 0 saturated heterocycles. The van der Waals surface area contributed by atoms with Crippen molar-refractivity contribution in [2.24, 2.45) is 5.92 Å². The molecule has 1 aliphatic carbocycles. The van der Waals surface area contributed by atoms with Crippen LogP contribution in [0.25, 0.3) is 22.3 Å². The molecule has 0 radical (unpaired) electrons. The average molecular weight is 418 g/mol. The van der Waals surface area contributed by atoms with E-state index in [1.54, 1.807) is 31.3 Å². The van der Waals surface area contributed by atoms with Gasteiger partial charge in [-0.15, -0.1) is 0 Å². The molecule has 30 heavy (non-hydrogen) atoms. The third kappa shape index (κ3) is 3.03. The second-order valence-corrected chi connectivity index (χ2v) is 7.67. The van der Waals surface area contributed by atoms with Crippen LogP contribution in [0.15, 0.2) is 48.8 Å². The van der Waals surface area contributed by atoms with E-state index in [1.807, 2.05) is 0 Å². The summed E-state index contributed by atoms with van der Waals surface area (Å²) >= 11 is 0. The Kier molecular flexibility index (Phi) is 4.96. The van der Waals surface area contributed by atoms with E-state index >= 15 is 0 Å². The van der Waals surface area contributed by atoms with E-state index in [4.69, 9.17) is 0 Å². The summed E-state index contributed by atoms with van der Waals surface area (Å²) in [5.41, 5.74) is -1.10. The summed E-state index contributed by atoms with van der Waals surface area (Å²) in [5.74, 6) is -0.392. The van der Waals surface area contributed by atoms with Crippen molar-refractivity contribution in [2.75, 3.05) is 13.2 Å². The Morgan fingerprint density at radius 3 is 2.43 bits per heavy atom. The van der Waals surface area contributed by atoms with Crippen molar-refractivity contribution in [1.29, 1.82) is 0 Å². The molecule has 158 valence electrons. The zero-order chi connectivity index (χ0) is 21.7. The molecule has 1 atom stereocenters. The van der Waals surface area contributed by atoms with Crippen molar-refractivity contribution < 1.29 is 28.5 Å². The summed E-state index contributed by atoms with van der Waals surface area (Å²) in [4.78, 5) is 0. The van der Waals surface area contributed by atoms with Gasteiger partial charge in [-0.3, -0.25) is 4.68 Å². The standard InChI is InChI=1S/C22H21F3N2O3/c1-13-6-17(15-8-26-27(10-15)9-14(11-28)12-29)20-16-4-2-3-5-18(16)21(30,19(20)7-13)22(23,24)25/h2-8,10,14,28-30H,9,11-12H2,1H3. The Bertz CT molecular complexity index is 1090. The van der Waals surface area contributed by atoms with Gasteiger partial charge in [-0.1, -0.05) is 42.0 Å². The molecule has 4 rings (SSSR count). The monoisotopic (exact) mass is 418 g/mol. The van der Waals surface area contributed by atoms with E-state index < -0.39 is 17.7 Å². The molecule has 1 unspecified atom stereocenters. The summed E-state index contributed by atoms with van der Waals surface area (Å²) in [6, 6.07) is 9.16. The van der Waals surface area contributed by atoms with Crippen LogP contribution in [0.4, 0.5) is 13.2 Å². The van der Waals surface area contributed by atoms with Crippen LogP contribution < -0.4 is 0 Å². The third-order valence-electron chi connectivity index (χ3n) is 5.57. The molecule has 0 saturated carbocycles. The lowest BCUT2D eigenvalue weighted by Gasteiger charge is -2.28. The van der Waals surface area contributed by atoms with E-state index in [9.17, 15) is 28.5 Å². The van der Waals surface area contributed by atoms with Gasteiger partial charge in [-0.05, 0) is 23.6 Å². The van der Waals surface area contributed by atoms with Gasteiger partial charge >= 0.3 is 6.18 Å². The lowest BCUT2D eigenvalue weighted by atomic mass is 9.88. The quantitative estimate of drug-likeness (QED) is 0.595. The number of aliphatic hydroxyl groups excluding tert-OH is 2. The van der Waals surface area contributed by atoms with Crippen LogP contribution in [0.1, 0.15) is 16.7 Å². The number of aliphatic hydroxyl groups is 3. The van der Waals surface area contributed by atoms with Crippen LogP contribution in [0.2, 0.25) is 0 Å². The smallest absolute Gasteiger partial charge is 0.396 e. The van der Waals surface area contributed by atoms with Gasteiger partial charge in [-0.2, -0.15) is 18.3 Å². The maximum Gasteiger partial charge on any atom is 0.425 e. The van der Waals surface area contributed by atoms with Gasteiger partial charge < -0.3 is 15.3 Å². The summed E-state index contributed by atoms with van der Waals surface area (Å²) in [5, 5.41) is 33.7. The number of alkyl halides is 3. The van der Waals surface area contributed by atoms with E-state index in [0.717, 1.165) is 0 Å². The molecule has 1 aromatic heterocycles. The van der Waals surface area contributed by atoms with E-state index in [-0.39, 0.29) is 30.9 Å². The fourth-order valence-electron chi connectivity index (χ4n) is 4.10. The largest absolute Gasteiger partial charge is 0.425 e. The third-order valence-corrected chi connectivity index (χ3v) is 5.57. The van der Waals surface area contributed by atoms with Crippen LogP contribution in [0.3, 0.4) is 0 Å². The number of rotatable bonds is 5. The van der Waals surface area contributed by atoms with Gasteiger partial charge in [0.15, 0.2) is 0 Å². The van der Waals surface area contributed by atoms with E-state index in [1.165, 1.54) is 29.1 Å². The van der Waals surface area contributed by atoms with Gasteiger partial charge in [0.25, 0.3) is 0 Å². The topological polar surface area (TPSA) is 78.5 Å². The van der Waals surface area contributed by atoms with E-state index in [0.29, 0.717) is 27.8 Å². The first-order valence-corrected chi connectivity index (χ1v) is 9.49. The number of hydrogen-bond acceptors (Lipinski definition) is 4. The average Bonchev–Trinajstić information content (AvgIpc) is 3.27. The zero-order valence-electron chi connectivity index (χ0n) is 16.2. The maximum atomic E-state index is 14.1. The molecule has 0 bridgehead atoms. The lowest BCUT2D eigenvalue weighted by molar-refractivity contribution is -0.246. The SMILES string of the molecule is Cc1cc(-c2cnn(CC(CO)CO)c2)c2c(c1)C(O)(C(F)(F)F)c1ccccc1-2. The molecule has 3 aromatic rings. The van der Waals surface area contributed by atoms with Crippen LogP contribution in [-0.2, 0) is 12.1 Å². The summed E-state index contributed by atoms with van der Waals surface area (Å²) < 4.78 is 43.8. The van der Waals surface area contributed by atoms with Crippen molar-refractivity contribution in [2.45, 2.75) is 25.2 Å². The highest BCUT2D eigenvalue weighted by molar-refractivity contribution is 5.92. The molecule has 1 aliphatic rings. The second kappa shape index (κ2) is 7.23. The van der Waals surface area contributed by atoms with Crippen LogP contribution >= 0.6 is 0 Å². The van der Waals surface area contributed by atoms with Crippen molar-refractivity contribution in [1.82, 2.24) is 9.78 Å². The number of nitrogens with zero attached hydrogens (tertiary/aromatic N) is 2. The Labute approximate surface area is 171 Å². The highest BCUT2D eigenvalue weighted by atomic mass is 19.4. The Hall–Kier alpha value is -2.68. The molecule has 0 amide bonds. The fraction of sp³-hybridized carbons (Fsp3) is 0.318. The predicted octanol–water partition coefficient (Wildman–Crippen LogP) is 3.24. The highest BCUT2D eigenvalue weighted by Gasteiger charge is 2.61. The number of halogens is 3. The number of benzene rings is 2. The van der Waals surface area contributed by atoms with Crippen LogP contribution in [0, 0.1) is 12.8 Å². The minimum atomic E-state index is -4.89. The number of aryl methyl sites for hydroxylation is 1. The van der Waals surface area contributed by atoms with Gasteiger partial charge in [0.05, 0.1) is 6.20 Å². The van der Waals surface area contributed by atoms with Gasteiger partial charge in [0.2, 0.25) is 5.60 Å². The fourth-order valence-corrected chi connectivity index (χ4v) is 4.10. The first-order valence-electron chi connectivity index (χ1n) is 9.49. The van der Waals surface area contributed by atoms with Gasteiger partial charge in [0, 0.05) is 48.6 Å². The van der Waals surface area contributed by atoms with Gasteiger partial charge in [-0.25, -0.2) is 0 Å². The molecule has 2 aromatic carbocycles. The molecule has 5 nitrogen and oxygen atoms in total. The summed E-state index contributed by atoms with van der Waals surface area (Å²) in [7, 11) is 0. The van der Waals surface area contributed by atoms with Gasteiger partial charge in [0.1, 0.15) is 0 Å². The van der Waals surface area contributed by atoms with E-state index in [2.05, 4.69) is 5.10 Å². The Balaban J connectivity index is 1.91. The first-order chi connectivity index (χ1) is 14.2. The molecular weight excluding hydrogens is 397 g/mol. The van der Waals surface area contributed by atoms with Crippen molar-refractivity contribution in [3.63, 3.8) is 0 Å². The maximum absolute atomic E-state index is 14.1. The van der Waals surface area contributed by atoms with Crippen molar-refractivity contribution >= 4 is 0 Å². The van der Waals surface area contributed by atoms with Crippen LogP contribution in [-0.4, -0.2) is 44.5 Å². The van der Waals surface area contributed by atoms with Crippen LogP contribution in [0.5, 0.6) is 0 Å². The van der Waals surface area contributed by atoms with Crippen molar-refractivity contribution in [3.8, 4) is 22.3 Å². The minimum absolute atomic E-state index is 0.188. The normalized spacial score (nSPS) is 18.0. The number of aromatic nitrogens is 2. The molecule has 1 heterocycles. The molecular formula is C22H21F3N2O3. The first kappa shape index (κ1) is 20.6. The molecule has 0 spiro atoms. The number of hydrogen-bond donors (Lipinski definition) is 3. The molecule has 8 heteroatoms. The van der Waals surface area contributed by atoms with Crippen molar-refractivity contribution in [3.05, 3.63) is 65.5 Å². The minimum Gasteiger partial charge on any atom is -0.396 e. The molecule has 0 aliphatic heterocycles. The molecule has 0 fully saturated rings. The summed E-state index contributed by atoms with van der Waals surface area (Å²) in [6.07, 6.45) is -1.69. The zero-order valence-corrected chi connectivity index (χ0v) is 16.2. The molecule has 3 N–H and O–H groups in total. The highest BCUT2D eigenvalue weighted by Crippen LogP contribution is 2.57. The summed E-state index contributed by atoms with van der Waals surface area (Å²) in [6.45, 7) is 1.53. The second-order valence-electron chi connectivity index (χ2n) is 7.67. The lowest BCUT2D eigenvalue weighted by Crippen LogP contribution is -2.41. The Morgan fingerprint density at radius 2 is 1.77 bits per heavy atom.